The Bertz CT molecular complexity index is 2400. The fourth-order valence-electron chi connectivity index (χ4n) is 7.05. The maximum atomic E-state index is 15.5. The number of fused-ring (bicyclic) bond motifs is 2. The molecule has 0 spiro atoms. The number of para-hydroxylation sites is 1. The third-order valence-corrected chi connectivity index (χ3v) is 9.89. The summed E-state index contributed by atoms with van der Waals surface area (Å²) in [5, 5.41) is 9.50. The Hall–Kier alpha value is -6.55. The van der Waals surface area contributed by atoms with Crippen LogP contribution in [-0.2, 0) is 17.8 Å². The zero-order valence-corrected chi connectivity index (χ0v) is 30.7. The quantitative estimate of drug-likeness (QED) is 0.198. The molecule has 0 saturated carbocycles. The van der Waals surface area contributed by atoms with Gasteiger partial charge in [0.2, 0.25) is 11.2 Å². The van der Waals surface area contributed by atoms with Crippen LogP contribution in [0.15, 0.2) is 70.7 Å². The van der Waals surface area contributed by atoms with Crippen LogP contribution in [0.1, 0.15) is 34.0 Å². The van der Waals surface area contributed by atoms with E-state index >= 15 is 4.39 Å². The van der Waals surface area contributed by atoms with Gasteiger partial charge in [-0.15, -0.1) is 0 Å². The number of hydrogen-bond donors (Lipinski definition) is 2. The lowest BCUT2D eigenvalue weighted by atomic mass is 10.1. The summed E-state index contributed by atoms with van der Waals surface area (Å²) in [6.45, 7) is 4.42. The van der Waals surface area contributed by atoms with E-state index in [0.717, 1.165) is 11.6 Å². The van der Waals surface area contributed by atoms with Crippen LogP contribution in [0.3, 0.4) is 0 Å². The second-order valence-corrected chi connectivity index (χ2v) is 13.0. The van der Waals surface area contributed by atoms with Crippen molar-refractivity contribution in [3.8, 4) is 17.2 Å². The van der Waals surface area contributed by atoms with Gasteiger partial charge in [0.15, 0.2) is 11.5 Å². The summed E-state index contributed by atoms with van der Waals surface area (Å²) in [5.41, 5.74) is 9.04. The van der Waals surface area contributed by atoms with Crippen molar-refractivity contribution < 1.29 is 33.3 Å². The molecule has 1 saturated heterocycles. The molecule has 0 atom stereocenters. The van der Waals surface area contributed by atoms with Crippen LogP contribution in [0.5, 0.6) is 17.2 Å². The number of nitrogens with two attached hydrogens (primary N) is 1. The largest absolute Gasteiger partial charge is 0.493 e. The zero-order chi connectivity index (χ0) is 39.0. The minimum absolute atomic E-state index is 0.0185. The van der Waals surface area contributed by atoms with E-state index in [0.29, 0.717) is 84.4 Å². The Balaban J connectivity index is 1.07. The number of nitrogens with zero attached hydrogens (tertiary/aromatic N) is 7. The number of carbonyl (C=O) groups excluding carboxylic acids is 1. The van der Waals surface area contributed by atoms with E-state index in [4.69, 9.17) is 19.9 Å². The molecule has 0 bridgehead atoms. The number of pyridine rings is 1. The van der Waals surface area contributed by atoms with Gasteiger partial charge < -0.3 is 34.5 Å². The summed E-state index contributed by atoms with van der Waals surface area (Å²) in [6.07, 6.45) is 3.26. The number of aromatic carboxylic acids is 1. The predicted octanol–water partition coefficient (Wildman–Crippen LogP) is 4.09. The number of nitrogen functional groups attached to an aromatic ring is 1. The van der Waals surface area contributed by atoms with Crippen molar-refractivity contribution in [2.75, 3.05) is 69.7 Å². The molecule has 5 aromatic rings. The first-order valence-corrected chi connectivity index (χ1v) is 17.5. The molecule has 3 aromatic carbocycles. The highest BCUT2D eigenvalue weighted by Gasteiger charge is 2.36. The first-order chi connectivity index (χ1) is 26.5. The minimum Gasteiger partial charge on any atom is -0.493 e. The van der Waals surface area contributed by atoms with E-state index in [-0.39, 0.29) is 35.4 Å². The minimum atomic E-state index is -1.36. The van der Waals surface area contributed by atoms with Gasteiger partial charge in [-0.3, -0.25) is 19.4 Å². The lowest BCUT2D eigenvalue weighted by Gasteiger charge is -2.38. The van der Waals surface area contributed by atoms with Crippen LogP contribution in [0, 0.1) is 5.82 Å². The Kier molecular flexibility index (Phi) is 10.1. The molecule has 0 radical (unpaired) electrons. The number of rotatable bonds is 11. The molecule has 2 aliphatic rings. The molecule has 2 aromatic heterocycles. The van der Waals surface area contributed by atoms with Gasteiger partial charge in [-0.25, -0.2) is 19.2 Å². The summed E-state index contributed by atoms with van der Waals surface area (Å²) >= 11 is 0. The average molecular weight is 751 g/mol. The van der Waals surface area contributed by atoms with E-state index < -0.39 is 22.8 Å². The number of ether oxygens (including phenoxy) is 3. The highest BCUT2D eigenvalue weighted by atomic mass is 19.1. The third-order valence-electron chi connectivity index (χ3n) is 9.89. The van der Waals surface area contributed by atoms with Crippen molar-refractivity contribution in [3.63, 3.8) is 0 Å². The first kappa shape index (κ1) is 36.8. The van der Waals surface area contributed by atoms with Crippen LogP contribution in [-0.4, -0.2) is 96.3 Å². The molecule has 55 heavy (non-hydrogen) atoms. The molecule has 15 nitrogen and oxygen atoms in total. The predicted molar refractivity (Wildman–Crippen MR) is 205 cm³/mol. The molecule has 1 amide bonds. The highest BCUT2D eigenvalue weighted by Crippen LogP contribution is 2.39. The summed E-state index contributed by atoms with van der Waals surface area (Å²) in [7, 11) is 4.62. The number of aryl methyl sites for hydroxylation is 1. The average Bonchev–Trinajstić information content (AvgIpc) is 3.44. The van der Waals surface area contributed by atoms with E-state index in [2.05, 4.69) is 19.9 Å². The normalized spacial score (nSPS) is 15.1. The number of hydrogen-bond acceptors (Lipinski definition) is 12. The van der Waals surface area contributed by atoms with Gasteiger partial charge in [-0.2, -0.15) is 4.98 Å². The van der Waals surface area contributed by atoms with Crippen molar-refractivity contribution in [2.24, 2.45) is 4.99 Å². The van der Waals surface area contributed by atoms with Crippen molar-refractivity contribution in [1.82, 2.24) is 19.4 Å². The standard InChI is InChI=1S/C39H39FN8O7/c1-5-46-20-26(38(51)52)34(49)25-17-27(40)30(18-29(25)46)47-12-10-45(11-13-47)21-48-28-9-7-6-8-24(28)33(37(48)50)43-39-42-19-23(36(41)44-39)14-22-15-31(53-2)35(55-4)32(16-22)54-3/h6-9,15-20H,5,10-14,21H2,1-4H3,(H,51,52)(H2,41,42,44). The molecule has 0 aliphatic carbocycles. The zero-order valence-electron chi connectivity index (χ0n) is 30.7. The third kappa shape index (κ3) is 6.87. The second-order valence-electron chi connectivity index (χ2n) is 13.0. The van der Waals surface area contributed by atoms with Crippen LogP contribution < -0.4 is 35.2 Å². The number of aromatic nitrogens is 3. The van der Waals surface area contributed by atoms with Crippen molar-refractivity contribution >= 4 is 51.6 Å². The lowest BCUT2D eigenvalue weighted by molar-refractivity contribution is -0.112. The Morgan fingerprint density at radius 3 is 2.33 bits per heavy atom. The van der Waals surface area contributed by atoms with Gasteiger partial charge >= 0.3 is 5.97 Å². The summed E-state index contributed by atoms with van der Waals surface area (Å²) in [4.78, 5) is 57.5. The molecule has 0 unspecified atom stereocenters. The first-order valence-electron chi connectivity index (χ1n) is 17.5. The number of benzene rings is 3. The fourth-order valence-corrected chi connectivity index (χ4v) is 7.05. The molecule has 4 heterocycles. The van der Waals surface area contributed by atoms with Crippen LogP contribution in [0.25, 0.3) is 10.9 Å². The van der Waals surface area contributed by atoms with Crippen LogP contribution >= 0.6 is 0 Å². The Labute approximate surface area is 315 Å². The monoisotopic (exact) mass is 750 g/mol. The number of halogens is 1. The molecule has 7 rings (SSSR count). The number of anilines is 3. The summed E-state index contributed by atoms with van der Waals surface area (Å²) in [5.74, 6) is -0.533. The van der Waals surface area contributed by atoms with E-state index in [1.54, 1.807) is 35.9 Å². The lowest BCUT2D eigenvalue weighted by Crippen LogP contribution is -2.51. The maximum Gasteiger partial charge on any atom is 0.341 e. The van der Waals surface area contributed by atoms with E-state index in [9.17, 15) is 19.5 Å². The van der Waals surface area contributed by atoms with Gasteiger partial charge in [-0.05, 0) is 42.8 Å². The molecular formula is C39H39FN8O7. The number of carboxylic acid groups (broad SMARTS) is 1. The number of methoxy groups -OCH3 is 3. The van der Waals surface area contributed by atoms with E-state index in [1.807, 2.05) is 48.2 Å². The van der Waals surface area contributed by atoms with Gasteiger partial charge in [-0.1, -0.05) is 18.2 Å². The smallest absolute Gasteiger partial charge is 0.341 e. The Morgan fingerprint density at radius 1 is 0.982 bits per heavy atom. The van der Waals surface area contributed by atoms with Crippen molar-refractivity contribution in [3.05, 3.63) is 99.2 Å². The van der Waals surface area contributed by atoms with Gasteiger partial charge in [0.1, 0.15) is 22.9 Å². The summed E-state index contributed by atoms with van der Waals surface area (Å²) < 4.78 is 33.5. The van der Waals surface area contributed by atoms with Crippen molar-refractivity contribution in [1.29, 1.82) is 0 Å². The molecule has 284 valence electrons. The van der Waals surface area contributed by atoms with E-state index in [1.165, 1.54) is 13.3 Å². The molecule has 2 aliphatic heterocycles. The van der Waals surface area contributed by atoms with Crippen molar-refractivity contribution in [2.45, 2.75) is 19.9 Å². The fraction of sp³-hybridized carbons (Fsp3) is 0.282. The second kappa shape index (κ2) is 15.1. The molecule has 1 fully saturated rings. The maximum absolute atomic E-state index is 15.5. The molecule has 3 N–H and O–H groups in total. The van der Waals surface area contributed by atoms with Gasteiger partial charge in [0.05, 0.1) is 44.9 Å². The van der Waals surface area contributed by atoms with Crippen LogP contribution in [0.4, 0.5) is 27.5 Å². The number of amides is 1. The number of carboxylic acids is 1. The summed E-state index contributed by atoms with van der Waals surface area (Å²) in [6, 6.07) is 13.7. The van der Waals surface area contributed by atoms with Gasteiger partial charge in [0, 0.05) is 68.1 Å². The number of piperazine rings is 1. The molecular weight excluding hydrogens is 711 g/mol. The SMILES string of the molecule is CCn1cc(C(=O)O)c(=O)c2cc(F)c(N3CCN(CN4C(=O)C(=Nc5ncc(Cc6cc(OC)c(OC)c(OC)c6)c(N)n5)c5ccccc54)CC3)cc21. The topological polar surface area (TPSA) is 178 Å². The highest BCUT2D eigenvalue weighted by molar-refractivity contribution is 6.54. The van der Waals surface area contributed by atoms with Gasteiger partial charge in [0.25, 0.3) is 11.9 Å². The number of aliphatic imine (C=N–C) groups is 1. The number of carbonyl (C=O) groups is 2. The Morgan fingerprint density at radius 2 is 1.69 bits per heavy atom. The molecule has 16 heteroatoms. The van der Waals surface area contributed by atoms with Crippen LogP contribution in [0.2, 0.25) is 0 Å².